The quantitative estimate of drug-likeness (QED) is 0.865. The summed E-state index contributed by atoms with van der Waals surface area (Å²) in [6.45, 7) is 13.5. The van der Waals surface area contributed by atoms with Gasteiger partial charge >= 0.3 is 0 Å². The average Bonchev–Trinajstić information content (AvgIpc) is 2.54. The normalized spacial score (nSPS) is 18.2. The first-order valence-electron chi connectivity index (χ1n) is 8.81. The van der Waals surface area contributed by atoms with Gasteiger partial charge in [-0.1, -0.05) is 18.2 Å². The van der Waals surface area contributed by atoms with Gasteiger partial charge in [0, 0.05) is 38.3 Å². The fraction of sp³-hybridized carbons (Fsp3) is 0.632. The van der Waals surface area contributed by atoms with Crippen molar-refractivity contribution in [1.29, 1.82) is 0 Å². The van der Waals surface area contributed by atoms with Crippen LogP contribution in [0.4, 0.5) is 0 Å². The Morgan fingerprint density at radius 2 is 1.79 bits per heavy atom. The van der Waals surface area contributed by atoms with Gasteiger partial charge < -0.3 is 10.1 Å². The van der Waals surface area contributed by atoms with Gasteiger partial charge in [-0.2, -0.15) is 0 Å². The molecule has 1 unspecified atom stereocenters. The number of piperazine rings is 1. The Balaban J connectivity index is 1.68. The van der Waals surface area contributed by atoms with E-state index in [2.05, 4.69) is 15.1 Å². The molecule has 2 rings (SSSR count). The van der Waals surface area contributed by atoms with Crippen molar-refractivity contribution in [3.05, 3.63) is 30.3 Å². The molecule has 1 aliphatic heterocycles. The second-order valence-electron chi connectivity index (χ2n) is 7.45. The zero-order chi connectivity index (χ0) is 17.6. The Hall–Kier alpha value is -1.59. The fourth-order valence-corrected chi connectivity index (χ4v) is 2.82. The van der Waals surface area contributed by atoms with Gasteiger partial charge in [0.2, 0.25) is 5.91 Å². The summed E-state index contributed by atoms with van der Waals surface area (Å²) < 4.78 is 5.76. The molecule has 5 nitrogen and oxygen atoms in total. The van der Waals surface area contributed by atoms with E-state index < -0.39 is 0 Å². The van der Waals surface area contributed by atoms with E-state index in [0.29, 0.717) is 6.61 Å². The molecule has 1 aliphatic rings. The second kappa shape index (κ2) is 8.49. The van der Waals surface area contributed by atoms with Crippen LogP contribution in [0.25, 0.3) is 0 Å². The monoisotopic (exact) mass is 333 g/mol. The van der Waals surface area contributed by atoms with E-state index in [1.54, 1.807) is 0 Å². The highest BCUT2D eigenvalue weighted by Gasteiger charge is 2.27. The van der Waals surface area contributed by atoms with Gasteiger partial charge in [-0.05, 0) is 39.8 Å². The minimum atomic E-state index is -0.179. The van der Waals surface area contributed by atoms with Crippen molar-refractivity contribution in [1.82, 2.24) is 15.1 Å². The highest BCUT2D eigenvalue weighted by atomic mass is 16.5. The molecule has 0 radical (unpaired) electrons. The van der Waals surface area contributed by atoms with Crippen LogP contribution >= 0.6 is 0 Å². The van der Waals surface area contributed by atoms with E-state index >= 15 is 0 Å². The van der Waals surface area contributed by atoms with Gasteiger partial charge in [-0.15, -0.1) is 0 Å². The summed E-state index contributed by atoms with van der Waals surface area (Å²) >= 11 is 0. The third-order valence-electron chi connectivity index (χ3n) is 4.25. The number of para-hydroxylation sites is 1. The smallest absolute Gasteiger partial charge is 0.237 e. The SMILES string of the molecule is CC(C(=O)NC(C)(C)C)N1CCN(CCOc2ccccc2)CC1. The maximum absolute atomic E-state index is 12.3. The molecule has 0 saturated carbocycles. The van der Waals surface area contributed by atoms with Gasteiger partial charge in [0.05, 0.1) is 6.04 Å². The van der Waals surface area contributed by atoms with Crippen LogP contribution in [0.5, 0.6) is 5.75 Å². The molecule has 1 saturated heterocycles. The Labute approximate surface area is 146 Å². The van der Waals surface area contributed by atoms with E-state index in [1.165, 1.54) is 0 Å². The van der Waals surface area contributed by atoms with Gasteiger partial charge in [-0.3, -0.25) is 14.6 Å². The van der Waals surface area contributed by atoms with Crippen molar-refractivity contribution in [3.8, 4) is 5.75 Å². The molecule has 0 aliphatic carbocycles. The molecule has 1 N–H and O–H groups in total. The van der Waals surface area contributed by atoms with Crippen LogP contribution in [0.15, 0.2) is 30.3 Å². The number of nitrogens with zero attached hydrogens (tertiary/aromatic N) is 2. The molecule has 1 fully saturated rings. The van der Waals surface area contributed by atoms with Crippen molar-refractivity contribution in [3.63, 3.8) is 0 Å². The molecular formula is C19H31N3O2. The summed E-state index contributed by atoms with van der Waals surface area (Å²) in [5.74, 6) is 1.03. The zero-order valence-corrected chi connectivity index (χ0v) is 15.4. The van der Waals surface area contributed by atoms with E-state index in [9.17, 15) is 4.79 Å². The van der Waals surface area contributed by atoms with Crippen molar-refractivity contribution < 1.29 is 9.53 Å². The third-order valence-corrected chi connectivity index (χ3v) is 4.25. The highest BCUT2D eigenvalue weighted by molar-refractivity contribution is 5.81. The molecule has 1 aromatic rings. The van der Waals surface area contributed by atoms with Gasteiger partial charge in [-0.25, -0.2) is 0 Å². The number of nitrogens with one attached hydrogen (secondary N) is 1. The van der Waals surface area contributed by atoms with Crippen molar-refractivity contribution in [2.45, 2.75) is 39.3 Å². The van der Waals surface area contributed by atoms with Crippen molar-refractivity contribution >= 4 is 5.91 Å². The summed E-state index contributed by atoms with van der Waals surface area (Å²) in [5.41, 5.74) is -0.179. The molecule has 1 heterocycles. The number of carbonyl (C=O) groups is 1. The summed E-state index contributed by atoms with van der Waals surface area (Å²) in [6, 6.07) is 9.84. The minimum absolute atomic E-state index is 0.0769. The van der Waals surface area contributed by atoms with Crippen LogP contribution in [0.1, 0.15) is 27.7 Å². The summed E-state index contributed by atoms with van der Waals surface area (Å²) in [5, 5.41) is 3.07. The molecule has 24 heavy (non-hydrogen) atoms. The maximum Gasteiger partial charge on any atom is 0.237 e. The van der Waals surface area contributed by atoms with E-state index in [1.807, 2.05) is 58.0 Å². The van der Waals surface area contributed by atoms with Crippen LogP contribution < -0.4 is 10.1 Å². The van der Waals surface area contributed by atoms with Crippen LogP contribution in [0, 0.1) is 0 Å². The Morgan fingerprint density at radius 1 is 1.17 bits per heavy atom. The van der Waals surface area contributed by atoms with Crippen LogP contribution in [-0.2, 0) is 4.79 Å². The number of ether oxygens (including phenoxy) is 1. The molecular weight excluding hydrogens is 302 g/mol. The number of hydrogen-bond acceptors (Lipinski definition) is 4. The fourth-order valence-electron chi connectivity index (χ4n) is 2.82. The molecule has 1 atom stereocenters. The highest BCUT2D eigenvalue weighted by Crippen LogP contribution is 2.10. The Morgan fingerprint density at radius 3 is 2.38 bits per heavy atom. The number of amides is 1. The lowest BCUT2D eigenvalue weighted by molar-refractivity contribution is -0.128. The number of carbonyl (C=O) groups excluding carboxylic acids is 1. The molecule has 1 amide bonds. The Kier molecular flexibility index (Phi) is 6.63. The first kappa shape index (κ1) is 18.7. The van der Waals surface area contributed by atoms with Gasteiger partial charge in [0.25, 0.3) is 0 Å². The summed E-state index contributed by atoms with van der Waals surface area (Å²) in [4.78, 5) is 16.9. The lowest BCUT2D eigenvalue weighted by Crippen LogP contribution is -2.56. The van der Waals surface area contributed by atoms with Crippen LogP contribution in [0.2, 0.25) is 0 Å². The van der Waals surface area contributed by atoms with Crippen LogP contribution in [-0.4, -0.2) is 66.6 Å². The van der Waals surface area contributed by atoms with Crippen molar-refractivity contribution in [2.75, 3.05) is 39.3 Å². The maximum atomic E-state index is 12.3. The number of rotatable bonds is 6. The zero-order valence-electron chi connectivity index (χ0n) is 15.4. The second-order valence-corrected chi connectivity index (χ2v) is 7.45. The molecule has 5 heteroatoms. The molecule has 1 aromatic carbocycles. The first-order chi connectivity index (χ1) is 11.3. The van der Waals surface area contributed by atoms with Crippen LogP contribution in [0.3, 0.4) is 0 Å². The number of hydrogen-bond donors (Lipinski definition) is 1. The third kappa shape index (κ3) is 6.13. The lowest BCUT2D eigenvalue weighted by atomic mass is 10.1. The standard InChI is InChI=1S/C19H31N3O2/c1-16(18(23)20-19(2,3)4)22-12-10-21(11-13-22)14-15-24-17-8-6-5-7-9-17/h5-9,16H,10-15H2,1-4H3,(H,20,23). The average molecular weight is 333 g/mol. The summed E-state index contributed by atoms with van der Waals surface area (Å²) in [7, 11) is 0. The number of benzene rings is 1. The largest absolute Gasteiger partial charge is 0.492 e. The van der Waals surface area contributed by atoms with Gasteiger partial charge in [0.1, 0.15) is 12.4 Å². The van der Waals surface area contributed by atoms with Crippen molar-refractivity contribution in [2.24, 2.45) is 0 Å². The van der Waals surface area contributed by atoms with E-state index in [4.69, 9.17) is 4.74 Å². The molecule has 0 spiro atoms. The van der Waals surface area contributed by atoms with E-state index in [0.717, 1.165) is 38.5 Å². The predicted octanol–water partition coefficient (Wildman–Crippen LogP) is 1.99. The lowest BCUT2D eigenvalue weighted by Gasteiger charge is -2.38. The predicted molar refractivity (Wildman–Crippen MR) is 97.3 cm³/mol. The molecule has 0 bridgehead atoms. The van der Waals surface area contributed by atoms with Gasteiger partial charge in [0.15, 0.2) is 0 Å². The topological polar surface area (TPSA) is 44.8 Å². The first-order valence-corrected chi connectivity index (χ1v) is 8.81. The minimum Gasteiger partial charge on any atom is -0.492 e. The molecule has 134 valence electrons. The Bertz CT molecular complexity index is 505. The van der Waals surface area contributed by atoms with E-state index in [-0.39, 0.29) is 17.5 Å². The molecule has 0 aromatic heterocycles. The summed E-state index contributed by atoms with van der Waals surface area (Å²) in [6.07, 6.45) is 0.